The van der Waals surface area contributed by atoms with Gasteiger partial charge in [0.15, 0.2) is 6.10 Å². The third-order valence-electron chi connectivity index (χ3n) is 2.55. The van der Waals surface area contributed by atoms with Gasteiger partial charge in [-0.2, -0.15) is 0 Å². The molecule has 0 saturated heterocycles. The molecule has 0 aliphatic heterocycles. The fourth-order valence-electron chi connectivity index (χ4n) is 1.41. The molecule has 1 atom stereocenters. The van der Waals surface area contributed by atoms with E-state index < -0.39 is 23.8 Å². The number of carbonyl (C=O) groups excluding carboxylic acids is 3. The number of Topliss-reactive ketones (excluding diaryl/α,β-unsaturated/α-hetero) is 1. The van der Waals surface area contributed by atoms with Crippen LogP contribution in [0.2, 0.25) is 5.02 Å². The Morgan fingerprint density at radius 2 is 2.00 bits per heavy atom. The van der Waals surface area contributed by atoms with Crippen molar-refractivity contribution in [1.29, 1.82) is 0 Å². The third-order valence-corrected chi connectivity index (χ3v) is 2.86. The van der Waals surface area contributed by atoms with E-state index in [-0.39, 0.29) is 29.3 Å². The molecule has 0 spiro atoms. The van der Waals surface area contributed by atoms with E-state index in [0.29, 0.717) is 0 Å². The van der Waals surface area contributed by atoms with Gasteiger partial charge < -0.3 is 14.8 Å². The number of hydrogen-bond acceptors (Lipinski definition) is 4. The molecule has 1 rings (SSSR count). The van der Waals surface area contributed by atoms with Gasteiger partial charge in [-0.05, 0) is 32.0 Å². The number of amides is 1. The highest BCUT2D eigenvalue weighted by Gasteiger charge is 2.19. The number of nitrogens with one attached hydrogen (secondary N) is 1. The Bertz CT molecular complexity index is 562. The Morgan fingerprint density at radius 1 is 1.33 bits per heavy atom. The summed E-state index contributed by atoms with van der Waals surface area (Å²) in [6.07, 6.45) is -1.06. The zero-order valence-electron chi connectivity index (χ0n) is 11.6. The standard InChI is InChI=1S/C14H15ClFNO4/c1-8(18)3-6-13(19)21-9(2)14(20)17-12-5-4-10(16)7-11(12)15/h4-5,7,9H,3,6H2,1-2H3,(H,17,20)/t9-/m1/s1. The first-order chi connectivity index (χ1) is 9.79. The third kappa shape index (κ3) is 5.91. The summed E-state index contributed by atoms with van der Waals surface area (Å²) in [4.78, 5) is 34.0. The summed E-state index contributed by atoms with van der Waals surface area (Å²) in [5.74, 6) is -1.90. The van der Waals surface area contributed by atoms with E-state index in [1.807, 2.05) is 0 Å². The van der Waals surface area contributed by atoms with Gasteiger partial charge in [-0.15, -0.1) is 0 Å². The lowest BCUT2D eigenvalue weighted by molar-refractivity contribution is -0.153. The SMILES string of the molecule is CC(=O)CCC(=O)O[C@H](C)C(=O)Nc1ccc(F)cc1Cl. The van der Waals surface area contributed by atoms with E-state index in [1.54, 1.807) is 0 Å². The van der Waals surface area contributed by atoms with Crippen LogP contribution in [0.25, 0.3) is 0 Å². The number of esters is 1. The number of ether oxygens (including phenoxy) is 1. The summed E-state index contributed by atoms with van der Waals surface area (Å²) in [5, 5.41) is 2.47. The van der Waals surface area contributed by atoms with Gasteiger partial charge in [-0.1, -0.05) is 11.6 Å². The molecule has 21 heavy (non-hydrogen) atoms. The van der Waals surface area contributed by atoms with Crippen molar-refractivity contribution in [1.82, 2.24) is 0 Å². The Balaban J connectivity index is 2.54. The van der Waals surface area contributed by atoms with E-state index in [4.69, 9.17) is 16.3 Å². The first-order valence-electron chi connectivity index (χ1n) is 6.24. The molecule has 0 fully saturated rings. The summed E-state index contributed by atoms with van der Waals surface area (Å²) in [6, 6.07) is 3.51. The highest BCUT2D eigenvalue weighted by atomic mass is 35.5. The summed E-state index contributed by atoms with van der Waals surface area (Å²) >= 11 is 5.77. The predicted octanol–water partition coefficient (Wildman–Crippen LogP) is 2.72. The molecule has 1 amide bonds. The lowest BCUT2D eigenvalue weighted by Crippen LogP contribution is -2.30. The molecule has 7 heteroatoms. The van der Waals surface area contributed by atoms with Gasteiger partial charge in [0.1, 0.15) is 11.6 Å². The summed E-state index contributed by atoms with van der Waals surface area (Å²) in [6.45, 7) is 2.75. The largest absolute Gasteiger partial charge is 0.453 e. The molecule has 1 N–H and O–H groups in total. The Kier molecular flexibility index (Phi) is 6.30. The van der Waals surface area contributed by atoms with Crippen molar-refractivity contribution in [2.75, 3.05) is 5.32 Å². The average molecular weight is 316 g/mol. The maximum atomic E-state index is 12.9. The topological polar surface area (TPSA) is 72.5 Å². The van der Waals surface area contributed by atoms with Crippen LogP contribution in [-0.2, 0) is 19.1 Å². The minimum Gasteiger partial charge on any atom is -0.453 e. The lowest BCUT2D eigenvalue weighted by atomic mass is 10.2. The highest BCUT2D eigenvalue weighted by Crippen LogP contribution is 2.22. The van der Waals surface area contributed by atoms with Crippen LogP contribution in [0.4, 0.5) is 10.1 Å². The maximum absolute atomic E-state index is 12.9. The van der Waals surface area contributed by atoms with Gasteiger partial charge in [-0.3, -0.25) is 9.59 Å². The predicted molar refractivity (Wildman–Crippen MR) is 75.5 cm³/mol. The molecule has 0 aliphatic carbocycles. The summed E-state index contributed by atoms with van der Waals surface area (Å²) in [7, 11) is 0. The van der Waals surface area contributed by atoms with Crippen LogP contribution < -0.4 is 5.32 Å². The maximum Gasteiger partial charge on any atom is 0.307 e. The second-order valence-electron chi connectivity index (χ2n) is 4.45. The Hall–Kier alpha value is -1.95. The van der Waals surface area contributed by atoms with Crippen LogP contribution in [0, 0.1) is 5.82 Å². The fourth-order valence-corrected chi connectivity index (χ4v) is 1.63. The normalized spacial score (nSPS) is 11.6. The monoisotopic (exact) mass is 315 g/mol. The molecule has 0 radical (unpaired) electrons. The quantitative estimate of drug-likeness (QED) is 0.819. The van der Waals surface area contributed by atoms with Gasteiger partial charge in [0.2, 0.25) is 0 Å². The van der Waals surface area contributed by atoms with Crippen LogP contribution in [-0.4, -0.2) is 23.8 Å². The molecular weight excluding hydrogens is 301 g/mol. The van der Waals surface area contributed by atoms with E-state index in [1.165, 1.54) is 19.9 Å². The van der Waals surface area contributed by atoms with E-state index in [2.05, 4.69) is 5.32 Å². The second kappa shape index (κ2) is 7.73. The van der Waals surface area contributed by atoms with Crippen molar-refractivity contribution < 1.29 is 23.5 Å². The molecule has 1 aromatic carbocycles. The minimum absolute atomic E-state index is 0.0402. The molecule has 0 aromatic heterocycles. The number of rotatable bonds is 6. The van der Waals surface area contributed by atoms with E-state index >= 15 is 0 Å². The van der Waals surface area contributed by atoms with Gasteiger partial charge in [0, 0.05) is 6.42 Å². The zero-order valence-corrected chi connectivity index (χ0v) is 12.4. The Labute approximate surface area is 126 Å². The van der Waals surface area contributed by atoms with Gasteiger partial charge in [-0.25, -0.2) is 4.39 Å². The number of halogens is 2. The number of anilines is 1. The molecule has 0 aliphatic rings. The van der Waals surface area contributed by atoms with Crippen LogP contribution in [0.1, 0.15) is 26.7 Å². The van der Waals surface area contributed by atoms with Crippen molar-refractivity contribution in [3.05, 3.63) is 29.0 Å². The zero-order chi connectivity index (χ0) is 16.0. The number of hydrogen-bond donors (Lipinski definition) is 1. The summed E-state index contributed by atoms with van der Waals surface area (Å²) in [5.41, 5.74) is 0.217. The molecule has 5 nitrogen and oxygen atoms in total. The number of carbonyl (C=O) groups is 3. The van der Waals surface area contributed by atoms with Crippen LogP contribution in [0.15, 0.2) is 18.2 Å². The van der Waals surface area contributed by atoms with Gasteiger partial charge in [0.25, 0.3) is 5.91 Å². The highest BCUT2D eigenvalue weighted by molar-refractivity contribution is 6.33. The van der Waals surface area contributed by atoms with Crippen molar-refractivity contribution in [2.45, 2.75) is 32.8 Å². The molecule has 0 bridgehead atoms. The molecule has 0 heterocycles. The molecule has 114 valence electrons. The van der Waals surface area contributed by atoms with Crippen LogP contribution >= 0.6 is 11.6 Å². The fraction of sp³-hybridized carbons (Fsp3) is 0.357. The number of ketones is 1. The Morgan fingerprint density at radius 3 is 2.57 bits per heavy atom. The average Bonchev–Trinajstić information content (AvgIpc) is 2.39. The lowest BCUT2D eigenvalue weighted by Gasteiger charge is -2.14. The van der Waals surface area contributed by atoms with E-state index in [9.17, 15) is 18.8 Å². The smallest absolute Gasteiger partial charge is 0.307 e. The molecule has 0 unspecified atom stereocenters. The van der Waals surface area contributed by atoms with Gasteiger partial charge in [0.05, 0.1) is 17.1 Å². The van der Waals surface area contributed by atoms with Crippen LogP contribution in [0.5, 0.6) is 0 Å². The van der Waals surface area contributed by atoms with Crippen molar-refractivity contribution >= 4 is 34.9 Å². The molecule has 0 saturated carbocycles. The summed E-state index contributed by atoms with van der Waals surface area (Å²) < 4.78 is 17.7. The first-order valence-corrected chi connectivity index (χ1v) is 6.62. The molecular formula is C14H15ClFNO4. The second-order valence-corrected chi connectivity index (χ2v) is 4.85. The van der Waals surface area contributed by atoms with Crippen molar-refractivity contribution in [3.8, 4) is 0 Å². The van der Waals surface area contributed by atoms with Crippen molar-refractivity contribution in [2.24, 2.45) is 0 Å². The van der Waals surface area contributed by atoms with Gasteiger partial charge >= 0.3 is 5.97 Å². The minimum atomic E-state index is -1.05. The van der Waals surface area contributed by atoms with E-state index in [0.717, 1.165) is 12.1 Å². The molecule has 1 aromatic rings. The van der Waals surface area contributed by atoms with Crippen molar-refractivity contribution in [3.63, 3.8) is 0 Å². The first kappa shape index (κ1) is 17.1. The number of benzene rings is 1. The van der Waals surface area contributed by atoms with Crippen LogP contribution in [0.3, 0.4) is 0 Å².